The van der Waals surface area contributed by atoms with Crippen LogP contribution in [-0.2, 0) is 0 Å². The van der Waals surface area contributed by atoms with E-state index in [1.54, 1.807) is 18.5 Å². The smallest absolute Gasteiger partial charge is 0.201 e. The molecule has 0 radical (unpaired) electrons. The standard InChI is InChI=1S/C22H26N8O/c1-22(2,3)25-15-5-6-16(9-15)30-21-19(27-29-30)10-18(26-28-21)17-7-4-13(8-20(17)31)14-11-23-24-12-14/h4,7-8,10-12,15-16,25,31H,5-6,9H2,1-3H3,(H,23,24). The normalized spacial score (nSPS) is 19.3. The summed E-state index contributed by atoms with van der Waals surface area (Å²) in [5.41, 5.74) is 4.39. The topological polar surface area (TPSA) is 117 Å². The average molecular weight is 419 g/mol. The van der Waals surface area contributed by atoms with E-state index >= 15 is 0 Å². The van der Waals surface area contributed by atoms with Gasteiger partial charge in [0.05, 0.1) is 17.9 Å². The number of benzene rings is 1. The van der Waals surface area contributed by atoms with Gasteiger partial charge in [0.15, 0.2) is 0 Å². The lowest BCUT2D eigenvalue weighted by Gasteiger charge is -2.25. The van der Waals surface area contributed by atoms with Crippen LogP contribution in [0.1, 0.15) is 46.1 Å². The summed E-state index contributed by atoms with van der Waals surface area (Å²) in [6.45, 7) is 6.57. The van der Waals surface area contributed by atoms with Gasteiger partial charge in [0, 0.05) is 28.9 Å². The van der Waals surface area contributed by atoms with Crippen molar-refractivity contribution in [2.45, 2.75) is 57.7 Å². The van der Waals surface area contributed by atoms with Crippen LogP contribution in [0.3, 0.4) is 0 Å². The Balaban J connectivity index is 1.40. The first-order valence-corrected chi connectivity index (χ1v) is 10.6. The van der Waals surface area contributed by atoms with Crippen LogP contribution in [0.15, 0.2) is 36.7 Å². The first kappa shape index (κ1) is 19.6. The van der Waals surface area contributed by atoms with Crippen molar-refractivity contribution in [3.8, 4) is 28.1 Å². The lowest BCUT2D eigenvalue weighted by molar-refractivity contribution is 0.350. The second kappa shape index (κ2) is 7.42. The van der Waals surface area contributed by atoms with Crippen LogP contribution in [0.4, 0.5) is 0 Å². The summed E-state index contributed by atoms with van der Waals surface area (Å²) in [5, 5.41) is 38.5. The van der Waals surface area contributed by atoms with E-state index in [0.29, 0.717) is 28.5 Å². The summed E-state index contributed by atoms with van der Waals surface area (Å²) >= 11 is 0. The van der Waals surface area contributed by atoms with Crippen LogP contribution in [0, 0.1) is 0 Å². The SMILES string of the molecule is CC(C)(C)NC1CCC(n2nnc3cc(-c4ccc(-c5cn[nH]c5)cc4O)nnc32)C1. The van der Waals surface area contributed by atoms with Gasteiger partial charge >= 0.3 is 0 Å². The van der Waals surface area contributed by atoms with E-state index in [4.69, 9.17) is 0 Å². The lowest BCUT2D eigenvalue weighted by Crippen LogP contribution is -2.42. The predicted molar refractivity (Wildman–Crippen MR) is 117 cm³/mol. The largest absolute Gasteiger partial charge is 0.507 e. The van der Waals surface area contributed by atoms with Gasteiger partial charge < -0.3 is 10.4 Å². The molecule has 1 saturated carbocycles. The number of nitrogens with one attached hydrogen (secondary N) is 2. The molecule has 1 aliphatic carbocycles. The van der Waals surface area contributed by atoms with Crippen LogP contribution in [0.5, 0.6) is 5.75 Å². The van der Waals surface area contributed by atoms with E-state index in [0.717, 1.165) is 30.4 Å². The van der Waals surface area contributed by atoms with E-state index in [-0.39, 0.29) is 17.3 Å². The molecule has 1 aliphatic rings. The Morgan fingerprint density at radius 3 is 2.71 bits per heavy atom. The molecule has 9 nitrogen and oxygen atoms in total. The third kappa shape index (κ3) is 3.88. The molecule has 3 aromatic heterocycles. The maximum atomic E-state index is 10.6. The minimum Gasteiger partial charge on any atom is -0.507 e. The maximum absolute atomic E-state index is 10.6. The second-order valence-corrected chi connectivity index (χ2v) is 9.25. The predicted octanol–water partition coefficient (Wildman–Crippen LogP) is 3.47. The molecule has 3 N–H and O–H groups in total. The van der Waals surface area contributed by atoms with Crippen molar-refractivity contribution in [3.05, 3.63) is 36.7 Å². The van der Waals surface area contributed by atoms with Crippen LogP contribution in [0.25, 0.3) is 33.5 Å². The maximum Gasteiger partial charge on any atom is 0.201 e. The van der Waals surface area contributed by atoms with Crippen LogP contribution < -0.4 is 5.32 Å². The number of rotatable bonds is 4. The Morgan fingerprint density at radius 1 is 1.10 bits per heavy atom. The molecule has 1 aromatic carbocycles. The van der Waals surface area contributed by atoms with Crippen LogP contribution in [0.2, 0.25) is 0 Å². The Hall–Kier alpha value is -3.33. The monoisotopic (exact) mass is 418 g/mol. The molecule has 9 heteroatoms. The number of aromatic hydroxyl groups is 1. The highest BCUT2D eigenvalue weighted by Crippen LogP contribution is 2.34. The fourth-order valence-electron chi connectivity index (χ4n) is 4.39. The fourth-order valence-corrected chi connectivity index (χ4v) is 4.39. The molecule has 0 bridgehead atoms. The molecule has 0 amide bonds. The summed E-state index contributed by atoms with van der Waals surface area (Å²) in [4.78, 5) is 0. The van der Waals surface area contributed by atoms with Gasteiger partial charge in [0.1, 0.15) is 11.3 Å². The van der Waals surface area contributed by atoms with Gasteiger partial charge in [-0.25, -0.2) is 4.68 Å². The summed E-state index contributed by atoms with van der Waals surface area (Å²) in [6, 6.07) is 8.00. The molecule has 2 unspecified atom stereocenters. The minimum atomic E-state index is 0.0911. The third-order valence-corrected chi connectivity index (χ3v) is 5.71. The third-order valence-electron chi connectivity index (χ3n) is 5.71. The molecule has 5 rings (SSSR count). The molecule has 0 saturated heterocycles. The van der Waals surface area contributed by atoms with Crippen molar-refractivity contribution in [1.82, 2.24) is 40.7 Å². The van der Waals surface area contributed by atoms with E-state index in [1.165, 1.54) is 0 Å². The number of hydrogen-bond acceptors (Lipinski definition) is 7. The van der Waals surface area contributed by atoms with Crippen LogP contribution in [-0.4, -0.2) is 52.1 Å². The van der Waals surface area contributed by atoms with Crippen molar-refractivity contribution in [3.63, 3.8) is 0 Å². The van der Waals surface area contributed by atoms with Crippen molar-refractivity contribution in [2.75, 3.05) is 0 Å². The molecule has 0 spiro atoms. The summed E-state index contributed by atoms with van der Waals surface area (Å²) in [6.07, 6.45) is 6.62. The highest BCUT2D eigenvalue weighted by atomic mass is 16.3. The number of aromatic nitrogens is 7. The summed E-state index contributed by atoms with van der Waals surface area (Å²) in [7, 11) is 0. The van der Waals surface area contributed by atoms with Gasteiger partial charge in [-0.3, -0.25) is 5.10 Å². The van der Waals surface area contributed by atoms with Gasteiger partial charge in [0.2, 0.25) is 5.65 Å². The number of phenolic OH excluding ortho intramolecular Hbond substituents is 1. The molecule has 1 fully saturated rings. The first-order chi connectivity index (χ1) is 14.9. The zero-order valence-corrected chi connectivity index (χ0v) is 17.9. The van der Waals surface area contributed by atoms with Crippen molar-refractivity contribution in [1.29, 1.82) is 0 Å². The zero-order valence-electron chi connectivity index (χ0n) is 17.9. The van der Waals surface area contributed by atoms with Gasteiger partial charge in [-0.1, -0.05) is 11.3 Å². The first-order valence-electron chi connectivity index (χ1n) is 10.6. The Bertz CT molecular complexity index is 1210. The molecule has 2 atom stereocenters. The van der Waals surface area contributed by atoms with Gasteiger partial charge in [-0.2, -0.15) is 5.10 Å². The number of fused-ring (bicyclic) bond motifs is 1. The van der Waals surface area contributed by atoms with Crippen molar-refractivity contribution in [2.24, 2.45) is 0 Å². The van der Waals surface area contributed by atoms with E-state index in [1.807, 2.05) is 22.9 Å². The summed E-state index contributed by atoms with van der Waals surface area (Å²) < 4.78 is 1.90. The van der Waals surface area contributed by atoms with E-state index in [9.17, 15) is 5.11 Å². The molecule has 3 heterocycles. The Morgan fingerprint density at radius 2 is 1.97 bits per heavy atom. The van der Waals surface area contributed by atoms with E-state index in [2.05, 4.69) is 56.8 Å². The quantitative estimate of drug-likeness (QED) is 0.464. The highest BCUT2D eigenvalue weighted by molar-refractivity contribution is 5.79. The van der Waals surface area contributed by atoms with Crippen molar-refractivity contribution >= 4 is 11.2 Å². The number of phenols is 1. The Labute approximate surface area is 179 Å². The minimum absolute atomic E-state index is 0.0911. The van der Waals surface area contributed by atoms with Gasteiger partial charge in [0.25, 0.3) is 0 Å². The molecular formula is C22H26N8O. The molecule has 0 aliphatic heterocycles. The second-order valence-electron chi connectivity index (χ2n) is 9.25. The van der Waals surface area contributed by atoms with Gasteiger partial charge in [-0.15, -0.1) is 15.3 Å². The molecule has 4 aromatic rings. The summed E-state index contributed by atoms with van der Waals surface area (Å²) in [5.74, 6) is 0.131. The highest BCUT2D eigenvalue weighted by Gasteiger charge is 2.30. The average Bonchev–Trinajstić information content (AvgIpc) is 3.47. The van der Waals surface area contributed by atoms with Crippen molar-refractivity contribution < 1.29 is 5.11 Å². The van der Waals surface area contributed by atoms with E-state index < -0.39 is 0 Å². The molecular weight excluding hydrogens is 392 g/mol. The number of hydrogen-bond donors (Lipinski definition) is 3. The van der Waals surface area contributed by atoms with Crippen LogP contribution >= 0.6 is 0 Å². The Kier molecular flexibility index (Phi) is 4.70. The zero-order chi connectivity index (χ0) is 21.6. The number of H-pyrrole nitrogens is 1. The number of aromatic amines is 1. The molecule has 160 valence electrons. The number of nitrogens with zero attached hydrogens (tertiary/aromatic N) is 6. The molecule has 31 heavy (non-hydrogen) atoms. The van der Waals surface area contributed by atoms with Gasteiger partial charge in [-0.05, 0) is 63.8 Å². The fraction of sp³-hybridized carbons (Fsp3) is 0.409. The lowest BCUT2D eigenvalue weighted by atomic mass is 10.0.